The van der Waals surface area contributed by atoms with Gasteiger partial charge >= 0.3 is 0 Å². The van der Waals surface area contributed by atoms with Crippen LogP contribution >= 0.6 is 0 Å². The minimum absolute atomic E-state index is 0.0420. The maximum Gasteiger partial charge on any atom is 0.287 e. The van der Waals surface area contributed by atoms with Crippen LogP contribution in [0.3, 0.4) is 0 Å². The Morgan fingerprint density at radius 1 is 0.795 bits per heavy atom. The molecule has 0 aliphatic carbocycles. The number of nitrogens with one attached hydrogen (secondary N) is 3. The van der Waals surface area contributed by atoms with Gasteiger partial charge in [0.15, 0.2) is 5.76 Å². The van der Waals surface area contributed by atoms with Gasteiger partial charge in [-0.2, -0.15) is 0 Å². The molecule has 0 saturated heterocycles. The molecule has 0 spiro atoms. The van der Waals surface area contributed by atoms with E-state index in [-0.39, 0.29) is 23.3 Å². The summed E-state index contributed by atoms with van der Waals surface area (Å²) < 4.78 is 5.72. The number of aromatic hydroxyl groups is 1. The average Bonchev–Trinajstić information content (AvgIpc) is 3.43. The van der Waals surface area contributed by atoms with E-state index >= 15 is 0 Å². The maximum atomic E-state index is 13.1. The molecule has 0 saturated carbocycles. The van der Waals surface area contributed by atoms with Crippen LogP contribution < -0.4 is 16.2 Å². The van der Waals surface area contributed by atoms with E-state index in [1.165, 1.54) is 18.2 Å². The van der Waals surface area contributed by atoms with E-state index in [2.05, 4.69) is 36.9 Å². The van der Waals surface area contributed by atoms with E-state index < -0.39 is 23.8 Å². The fourth-order valence-electron chi connectivity index (χ4n) is 3.92. The number of benzene rings is 3. The molecule has 0 aliphatic rings. The predicted octanol–water partition coefficient (Wildman–Crippen LogP) is 4.75. The Kier molecular flexibility index (Phi) is 8.15. The van der Waals surface area contributed by atoms with Crippen molar-refractivity contribution < 1.29 is 23.9 Å². The lowest BCUT2D eigenvalue weighted by molar-refractivity contribution is -0.123. The summed E-state index contributed by atoms with van der Waals surface area (Å²) in [5.74, 6) is -1.05. The first-order valence-corrected chi connectivity index (χ1v) is 12.5. The van der Waals surface area contributed by atoms with Gasteiger partial charge in [-0.3, -0.25) is 25.2 Å². The van der Waals surface area contributed by atoms with E-state index in [9.17, 15) is 19.5 Å². The maximum absolute atomic E-state index is 13.1. The first kappa shape index (κ1) is 27.2. The smallest absolute Gasteiger partial charge is 0.287 e. The molecule has 8 heteroatoms. The van der Waals surface area contributed by atoms with Crippen molar-refractivity contribution in [2.45, 2.75) is 38.6 Å². The van der Waals surface area contributed by atoms with Crippen LogP contribution in [-0.2, 0) is 16.6 Å². The van der Waals surface area contributed by atoms with Gasteiger partial charge in [-0.1, -0.05) is 75.4 Å². The average molecular weight is 526 g/mol. The normalized spacial score (nSPS) is 11.9. The summed E-state index contributed by atoms with van der Waals surface area (Å²) in [6, 6.07) is 24.9. The lowest BCUT2D eigenvalue weighted by Gasteiger charge is -2.20. The van der Waals surface area contributed by atoms with Crippen LogP contribution in [0.5, 0.6) is 5.75 Å². The second kappa shape index (κ2) is 11.7. The molecule has 0 bridgehead atoms. The van der Waals surface area contributed by atoms with Crippen LogP contribution in [0, 0.1) is 0 Å². The number of phenols is 1. The number of furan rings is 1. The standard InChI is InChI=1S/C31H31N3O5/c1-31(2,3)23-13-11-22(12-14-23)28(36)33-34-29(37)25(19-20-9-15-24(35)16-10-20)32-30(38)27-18-17-26(39-27)21-7-5-4-6-8-21/h4-18,25,35H,19H2,1-3H3,(H,32,38)(H,33,36)(H,34,37)/t25-/m0/s1. The summed E-state index contributed by atoms with van der Waals surface area (Å²) in [6.07, 6.45) is 0.111. The van der Waals surface area contributed by atoms with E-state index in [0.29, 0.717) is 16.9 Å². The van der Waals surface area contributed by atoms with Gasteiger partial charge in [0.2, 0.25) is 0 Å². The number of hydrogen-bond donors (Lipinski definition) is 4. The van der Waals surface area contributed by atoms with E-state index in [4.69, 9.17) is 4.42 Å². The highest BCUT2D eigenvalue weighted by Crippen LogP contribution is 2.23. The van der Waals surface area contributed by atoms with Crippen LogP contribution in [0.15, 0.2) is 95.4 Å². The molecule has 3 aromatic carbocycles. The first-order chi connectivity index (χ1) is 18.6. The van der Waals surface area contributed by atoms with Crippen molar-refractivity contribution in [3.05, 3.63) is 113 Å². The molecule has 8 nitrogen and oxygen atoms in total. The van der Waals surface area contributed by atoms with Crippen molar-refractivity contribution in [2.75, 3.05) is 0 Å². The molecule has 0 radical (unpaired) electrons. The van der Waals surface area contributed by atoms with Crippen molar-refractivity contribution in [2.24, 2.45) is 0 Å². The van der Waals surface area contributed by atoms with Gasteiger partial charge < -0.3 is 14.8 Å². The van der Waals surface area contributed by atoms with Crippen LogP contribution in [0.1, 0.15) is 52.8 Å². The van der Waals surface area contributed by atoms with Crippen molar-refractivity contribution in [1.29, 1.82) is 0 Å². The molecular formula is C31H31N3O5. The van der Waals surface area contributed by atoms with Crippen LogP contribution in [-0.4, -0.2) is 28.9 Å². The minimum atomic E-state index is -1.05. The molecular weight excluding hydrogens is 494 g/mol. The van der Waals surface area contributed by atoms with E-state index in [1.807, 2.05) is 42.5 Å². The molecule has 0 unspecified atom stereocenters. The van der Waals surface area contributed by atoms with Gasteiger partial charge in [-0.15, -0.1) is 0 Å². The Morgan fingerprint density at radius 2 is 1.46 bits per heavy atom. The van der Waals surface area contributed by atoms with Gasteiger partial charge in [0.1, 0.15) is 17.6 Å². The number of carbonyl (C=O) groups excluding carboxylic acids is 3. The second-order valence-corrected chi connectivity index (χ2v) is 10.2. The van der Waals surface area contributed by atoms with Crippen molar-refractivity contribution >= 4 is 17.7 Å². The molecule has 0 aliphatic heterocycles. The van der Waals surface area contributed by atoms with Crippen LogP contribution in [0.25, 0.3) is 11.3 Å². The zero-order valence-corrected chi connectivity index (χ0v) is 22.0. The summed E-state index contributed by atoms with van der Waals surface area (Å²) in [7, 11) is 0. The van der Waals surface area contributed by atoms with Gasteiger partial charge in [0.05, 0.1) is 0 Å². The summed E-state index contributed by atoms with van der Waals surface area (Å²) in [6.45, 7) is 6.24. The lowest BCUT2D eigenvalue weighted by Crippen LogP contribution is -2.53. The predicted molar refractivity (Wildman–Crippen MR) is 148 cm³/mol. The number of hydrogen-bond acceptors (Lipinski definition) is 5. The third-order valence-corrected chi connectivity index (χ3v) is 6.20. The lowest BCUT2D eigenvalue weighted by atomic mass is 9.87. The monoisotopic (exact) mass is 525 g/mol. The summed E-state index contributed by atoms with van der Waals surface area (Å²) in [4.78, 5) is 38.8. The van der Waals surface area contributed by atoms with Crippen molar-refractivity contribution in [1.82, 2.24) is 16.2 Å². The first-order valence-electron chi connectivity index (χ1n) is 12.5. The van der Waals surface area contributed by atoms with Gasteiger partial charge in [0, 0.05) is 17.5 Å². The largest absolute Gasteiger partial charge is 0.508 e. The summed E-state index contributed by atoms with van der Waals surface area (Å²) >= 11 is 0. The molecule has 39 heavy (non-hydrogen) atoms. The van der Waals surface area contributed by atoms with Crippen molar-refractivity contribution in [3.8, 4) is 17.1 Å². The Hall–Kier alpha value is -4.85. The summed E-state index contributed by atoms with van der Waals surface area (Å²) in [5.41, 5.74) is 7.74. The summed E-state index contributed by atoms with van der Waals surface area (Å²) in [5, 5.41) is 12.3. The third kappa shape index (κ3) is 7.13. The molecule has 1 aromatic heterocycles. The zero-order valence-electron chi connectivity index (χ0n) is 22.0. The van der Waals surface area contributed by atoms with Crippen LogP contribution in [0.2, 0.25) is 0 Å². The molecule has 4 aromatic rings. The van der Waals surface area contributed by atoms with Gasteiger partial charge in [-0.05, 0) is 52.9 Å². The Morgan fingerprint density at radius 3 is 2.10 bits per heavy atom. The molecule has 3 amide bonds. The quantitative estimate of drug-likeness (QED) is 0.260. The molecule has 4 rings (SSSR count). The number of rotatable bonds is 7. The zero-order chi connectivity index (χ0) is 28.0. The number of phenolic OH excluding ortho intramolecular Hbond substituents is 1. The molecule has 1 atom stereocenters. The number of amides is 3. The fourth-order valence-corrected chi connectivity index (χ4v) is 3.92. The Balaban J connectivity index is 1.45. The Labute approximate surface area is 227 Å². The Bertz CT molecular complexity index is 1440. The highest BCUT2D eigenvalue weighted by atomic mass is 16.4. The minimum Gasteiger partial charge on any atom is -0.508 e. The molecule has 4 N–H and O–H groups in total. The SMILES string of the molecule is CC(C)(C)c1ccc(C(=O)NNC(=O)[C@H](Cc2ccc(O)cc2)NC(=O)c2ccc(-c3ccccc3)o2)cc1. The molecule has 200 valence electrons. The van der Waals surface area contributed by atoms with Gasteiger partial charge in [0.25, 0.3) is 17.7 Å². The second-order valence-electron chi connectivity index (χ2n) is 10.2. The molecule has 1 heterocycles. The highest BCUT2D eigenvalue weighted by Gasteiger charge is 2.24. The highest BCUT2D eigenvalue weighted by molar-refractivity contribution is 5.98. The van der Waals surface area contributed by atoms with E-state index in [1.54, 1.807) is 30.3 Å². The number of carbonyl (C=O) groups is 3. The topological polar surface area (TPSA) is 121 Å². The molecule has 0 fully saturated rings. The third-order valence-electron chi connectivity index (χ3n) is 6.20. The van der Waals surface area contributed by atoms with Crippen LogP contribution in [0.4, 0.5) is 0 Å². The number of hydrazine groups is 1. The van der Waals surface area contributed by atoms with Crippen molar-refractivity contribution in [3.63, 3.8) is 0 Å². The van der Waals surface area contributed by atoms with Gasteiger partial charge in [-0.25, -0.2) is 0 Å². The van der Waals surface area contributed by atoms with E-state index in [0.717, 1.165) is 11.1 Å². The fraction of sp³-hybridized carbons (Fsp3) is 0.194.